The van der Waals surface area contributed by atoms with Gasteiger partial charge >= 0.3 is 18.1 Å². The second-order valence-corrected chi connectivity index (χ2v) is 15.1. The van der Waals surface area contributed by atoms with Crippen LogP contribution < -0.4 is 11.1 Å². The Balaban J connectivity index is 1.05. The molecule has 0 bridgehead atoms. The molecule has 3 N–H and O–H groups in total. The van der Waals surface area contributed by atoms with E-state index in [1.807, 2.05) is 54.0 Å². The van der Waals surface area contributed by atoms with Gasteiger partial charge in [0.2, 0.25) is 0 Å². The monoisotopic (exact) mass is 736 g/mol. The average Bonchev–Trinajstić information content (AvgIpc) is 3.31. The van der Waals surface area contributed by atoms with Gasteiger partial charge in [-0.15, -0.1) is 0 Å². The number of rotatable bonds is 9. The summed E-state index contributed by atoms with van der Waals surface area (Å²) < 4.78 is 11.2. The van der Waals surface area contributed by atoms with Crippen molar-refractivity contribution in [3.63, 3.8) is 0 Å². The van der Waals surface area contributed by atoms with Crippen LogP contribution in [0.3, 0.4) is 0 Å². The molecule has 12 nitrogen and oxygen atoms in total. The standard InChI is InChI=1S/C39H53ClN6O6/c1-3-51-35(47)25-43-15-8-28(9-16-43)29-10-17-44(18-11-29)37(48)34(24-27-22-26(2)36(41)32(40)23-27)52-39(50)45-19-13-31(14-20-45)46-21-12-30-6-4-5-7-33(30)42-38(46)49/h4-7,22-23,28-29,31,34H,3,8-21,24-25,41H2,1-2H3,(H,42,49)/t34-/m1/s1. The van der Waals surface area contributed by atoms with Crippen LogP contribution in [0.5, 0.6) is 0 Å². The Labute approximate surface area is 311 Å². The number of nitrogens with one attached hydrogen (secondary N) is 1. The summed E-state index contributed by atoms with van der Waals surface area (Å²) in [6, 6.07) is 11.4. The number of para-hydroxylation sites is 1. The van der Waals surface area contributed by atoms with E-state index >= 15 is 0 Å². The van der Waals surface area contributed by atoms with Crippen molar-refractivity contribution in [2.24, 2.45) is 11.8 Å². The van der Waals surface area contributed by atoms with Crippen LogP contribution in [0.2, 0.25) is 5.02 Å². The third kappa shape index (κ3) is 9.12. The van der Waals surface area contributed by atoms with E-state index in [0.29, 0.717) is 81.3 Å². The number of piperidine rings is 3. The van der Waals surface area contributed by atoms with E-state index in [0.717, 1.165) is 67.6 Å². The summed E-state index contributed by atoms with van der Waals surface area (Å²) >= 11 is 6.43. The lowest BCUT2D eigenvalue weighted by Crippen LogP contribution is -2.52. The van der Waals surface area contributed by atoms with Gasteiger partial charge in [0.25, 0.3) is 5.91 Å². The number of hydrogen-bond acceptors (Lipinski definition) is 8. The van der Waals surface area contributed by atoms with Crippen LogP contribution in [0.15, 0.2) is 36.4 Å². The van der Waals surface area contributed by atoms with Crippen LogP contribution in [-0.2, 0) is 31.9 Å². The first-order chi connectivity index (χ1) is 25.1. The molecule has 0 spiro atoms. The second kappa shape index (κ2) is 17.2. The first-order valence-electron chi connectivity index (χ1n) is 18.9. The van der Waals surface area contributed by atoms with Crippen molar-refractivity contribution < 1.29 is 28.7 Å². The highest BCUT2D eigenvalue weighted by Crippen LogP contribution is 2.33. The lowest BCUT2D eigenvalue weighted by Gasteiger charge is -2.41. The molecule has 3 fully saturated rings. The average molecular weight is 737 g/mol. The molecule has 3 saturated heterocycles. The number of benzene rings is 2. The maximum atomic E-state index is 14.1. The predicted octanol–water partition coefficient (Wildman–Crippen LogP) is 5.35. The molecular formula is C39H53ClN6O6. The minimum absolute atomic E-state index is 0.00165. The highest BCUT2D eigenvalue weighted by molar-refractivity contribution is 6.33. The van der Waals surface area contributed by atoms with Crippen LogP contribution in [0.1, 0.15) is 62.1 Å². The maximum Gasteiger partial charge on any atom is 0.410 e. The van der Waals surface area contributed by atoms with E-state index in [2.05, 4.69) is 10.2 Å². The predicted molar refractivity (Wildman–Crippen MR) is 200 cm³/mol. The Morgan fingerprint density at radius 3 is 2.25 bits per heavy atom. The van der Waals surface area contributed by atoms with Crippen molar-refractivity contribution in [1.29, 1.82) is 0 Å². The van der Waals surface area contributed by atoms with E-state index in [9.17, 15) is 19.2 Å². The van der Waals surface area contributed by atoms with Gasteiger partial charge in [-0.1, -0.05) is 35.9 Å². The summed E-state index contributed by atoms with van der Waals surface area (Å²) in [6.07, 6.45) is 4.52. The van der Waals surface area contributed by atoms with Crippen molar-refractivity contribution in [3.05, 3.63) is 58.1 Å². The van der Waals surface area contributed by atoms with Gasteiger partial charge in [-0.2, -0.15) is 0 Å². The Kier molecular flexibility index (Phi) is 12.5. The van der Waals surface area contributed by atoms with E-state index < -0.39 is 12.2 Å². The summed E-state index contributed by atoms with van der Waals surface area (Å²) in [5.74, 6) is 0.702. The Morgan fingerprint density at radius 1 is 0.923 bits per heavy atom. The quantitative estimate of drug-likeness (QED) is 0.260. The number of nitrogens with two attached hydrogens (primary N) is 1. The molecule has 2 aromatic carbocycles. The topological polar surface area (TPSA) is 138 Å². The van der Waals surface area contributed by atoms with Crippen LogP contribution in [0.25, 0.3) is 0 Å². The smallest absolute Gasteiger partial charge is 0.410 e. The fourth-order valence-electron chi connectivity index (χ4n) is 8.40. The first-order valence-corrected chi connectivity index (χ1v) is 19.3. The van der Waals surface area contributed by atoms with Crippen molar-refractivity contribution in [2.45, 2.75) is 77.4 Å². The number of urea groups is 1. The largest absolute Gasteiger partial charge is 0.465 e. The minimum Gasteiger partial charge on any atom is -0.465 e. The van der Waals surface area contributed by atoms with Crippen LogP contribution in [0, 0.1) is 18.8 Å². The molecule has 52 heavy (non-hydrogen) atoms. The molecule has 0 unspecified atom stereocenters. The first kappa shape index (κ1) is 37.7. The zero-order valence-corrected chi connectivity index (χ0v) is 31.2. The summed E-state index contributed by atoms with van der Waals surface area (Å²) in [6.45, 7) is 8.87. The number of esters is 1. The highest BCUT2D eigenvalue weighted by atomic mass is 35.5. The van der Waals surface area contributed by atoms with Gasteiger partial charge in [0.15, 0.2) is 6.10 Å². The van der Waals surface area contributed by atoms with Crippen LogP contribution in [-0.4, -0.2) is 115 Å². The molecule has 0 aromatic heterocycles. The number of hydrogen-bond donors (Lipinski definition) is 2. The van der Waals surface area contributed by atoms with Crippen molar-refractivity contribution in [1.82, 2.24) is 19.6 Å². The maximum absolute atomic E-state index is 14.1. The summed E-state index contributed by atoms with van der Waals surface area (Å²) in [5.41, 5.74) is 10.1. The molecule has 0 saturated carbocycles. The minimum atomic E-state index is -1.01. The number of carbonyl (C=O) groups excluding carboxylic acids is 4. The number of fused-ring (bicyclic) bond motifs is 1. The zero-order valence-electron chi connectivity index (χ0n) is 30.5. The lowest BCUT2D eigenvalue weighted by atomic mass is 9.78. The van der Waals surface area contributed by atoms with E-state index in [1.165, 1.54) is 0 Å². The van der Waals surface area contributed by atoms with E-state index in [1.54, 1.807) is 11.0 Å². The number of carbonyl (C=O) groups is 4. The highest BCUT2D eigenvalue weighted by Gasteiger charge is 2.37. The van der Waals surface area contributed by atoms with Crippen LogP contribution in [0.4, 0.5) is 21.0 Å². The molecule has 1 atom stereocenters. The summed E-state index contributed by atoms with van der Waals surface area (Å²) in [7, 11) is 0. The number of nitrogen functional groups attached to an aromatic ring is 1. The molecule has 13 heteroatoms. The number of ether oxygens (including phenoxy) is 2. The molecule has 4 amide bonds. The molecule has 0 radical (unpaired) electrons. The molecule has 282 valence electrons. The number of aryl methyl sites for hydroxylation is 1. The summed E-state index contributed by atoms with van der Waals surface area (Å²) in [4.78, 5) is 60.4. The molecule has 6 rings (SSSR count). The van der Waals surface area contributed by atoms with Gasteiger partial charge in [-0.05, 0) is 113 Å². The lowest BCUT2D eigenvalue weighted by molar-refractivity contribution is -0.144. The van der Waals surface area contributed by atoms with Crippen molar-refractivity contribution in [3.8, 4) is 0 Å². The molecule has 0 aliphatic carbocycles. The zero-order chi connectivity index (χ0) is 36.8. The fraction of sp³-hybridized carbons (Fsp3) is 0.590. The van der Waals surface area contributed by atoms with Crippen molar-refractivity contribution >= 4 is 47.0 Å². The van der Waals surface area contributed by atoms with Gasteiger partial charge in [0.05, 0.1) is 23.9 Å². The summed E-state index contributed by atoms with van der Waals surface area (Å²) in [5, 5.41) is 3.45. The van der Waals surface area contributed by atoms with Gasteiger partial charge < -0.3 is 35.2 Å². The van der Waals surface area contributed by atoms with E-state index in [4.69, 9.17) is 26.8 Å². The van der Waals surface area contributed by atoms with Gasteiger partial charge in [0, 0.05) is 50.9 Å². The Bertz CT molecular complexity index is 1580. The van der Waals surface area contributed by atoms with Crippen LogP contribution >= 0.6 is 11.6 Å². The molecule has 4 aliphatic rings. The number of likely N-dealkylation sites (tertiary alicyclic amines) is 3. The normalized spacial score (nSPS) is 20.1. The van der Waals surface area contributed by atoms with Gasteiger partial charge in [-0.25, -0.2) is 9.59 Å². The van der Waals surface area contributed by atoms with Gasteiger partial charge in [0.1, 0.15) is 0 Å². The number of halogens is 1. The van der Waals surface area contributed by atoms with E-state index in [-0.39, 0.29) is 30.4 Å². The third-order valence-electron chi connectivity index (χ3n) is 11.4. The Hall–Kier alpha value is -4.03. The van der Waals surface area contributed by atoms with Crippen molar-refractivity contribution in [2.75, 3.05) is 70.0 Å². The number of anilines is 2. The molecule has 4 aliphatic heterocycles. The molecule has 2 aromatic rings. The number of nitrogens with zero attached hydrogens (tertiary/aromatic N) is 4. The fourth-order valence-corrected chi connectivity index (χ4v) is 8.69. The Morgan fingerprint density at radius 2 is 1.58 bits per heavy atom. The third-order valence-corrected chi connectivity index (χ3v) is 11.8. The SMILES string of the molecule is CCOC(=O)CN1CCC(C2CCN(C(=O)[C@@H](Cc3cc(C)c(N)c(Cl)c3)OC(=O)N3CCC(N4CCc5ccccc5NC4=O)CC3)CC2)CC1. The second-order valence-electron chi connectivity index (χ2n) is 14.7. The number of amides is 4. The van der Waals surface area contributed by atoms with Gasteiger partial charge in [-0.3, -0.25) is 14.5 Å². The molecular weight excluding hydrogens is 684 g/mol. The molecule has 4 heterocycles.